The molecule has 2 aliphatic heterocycles. The van der Waals surface area contributed by atoms with Crippen LogP contribution in [0.15, 0.2) is 54.9 Å². The zero-order valence-corrected chi connectivity index (χ0v) is 17.2. The van der Waals surface area contributed by atoms with Crippen molar-refractivity contribution in [2.75, 3.05) is 32.8 Å². The van der Waals surface area contributed by atoms with Crippen LogP contribution >= 0.6 is 0 Å². The van der Waals surface area contributed by atoms with Gasteiger partial charge in [0.05, 0.1) is 6.61 Å². The van der Waals surface area contributed by atoms with Gasteiger partial charge in [-0.1, -0.05) is 24.3 Å². The molecule has 0 unspecified atom stereocenters. The molecule has 1 amide bonds. The molecular formula is C24H31N3O2. The normalized spacial score (nSPS) is 23.3. The summed E-state index contributed by atoms with van der Waals surface area (Å²) in [6.45, 7) is 7.32. The number of para-hydroxylation sites is 1. The second-order valence-electron chi connectivity index (χ2n) is 8.45. The molecule has 154 valence electrons. The smallest absolute Gasteiger partial charge is 0.219 e. The number of ether oxygens (including phenoxy) is 1. The molecule has 29 heavy (non-hydrogen) atoms. The molecule has 0 spiro atoms. The molecule has 2 aromatic rings. The van der Waals surface area contributed by atoms with Crippen LogP contribution in [0.1, 0.15) is 25.3 Å². The second-order valence-corrected chi connectivity index (χ2v) is 8.45. The third-order valence-electron chi connectivity index (χ3n) is 6.49. The summed E-state index contributed by atoms with van der Waals surface area (Å²) >= 11 is 0. The summed E-state index contributed by atoms with van der Waals surface area (Å²) in [6, 6.07) is 14.3. The number of rotatable bonds is 6. The average molecular weight is 394 g/mol. The molecule has 2 aliphatic rings. The van der Waals surface area contributed by atoms with Crippen LogP contribution in [-0.4, -0.2) is 53.5 Å². The first-order valence-corrected chi connectivity index (χ1v) is 10.7. The van der Waals surface area contributed by atoms with E-state index in [4.69, 9.17) is 4.74 Å². The lowest BCUT2D eigenvalue weighted by Crippen LogP contribution is -2.40. The highest BCUT2D eigenvalue weighted by Gasteiger charge is 2.39. The van der Waals surface area contributed by atoms with Gasteiger partial charge in [0.2, 0.25) is 5.91 Å². The molecule has 4 rings (SSSR count). The first-order chi connectivity index (χ1) is 14.2. The Balaban J connectivity index is 1.41. The summed E-state index contributed by atoms with van der Waals surface area (Å²) < 4.78 is 6.17. The quantitative estimate of drug-likeness (QED) is 0.754. The topological polar surface area (TPSA) is 45.7 Å². The van der Waals surface area contributed by atoms with Gasteiger partial charge < -0.3 is 9.64 Å². The van der Waals surface area contributed by atoms with E-state index in [2.05, 4.69) is 16.0 Å². The van der Waals surface area contributed by atoms with Gasteiger partial charge in [-0.15, -0.1) is 0 Å². The lowest BCUT2D eigenvalue weighted by molar-refractivity contribution is -0.130. The van der Waals surface area contributed by atoms with Gasteiger partial charge in [0, 0.05) is 58.0 Å². The third kappa shape index (κ3) is 5.15. The number of likely N-dealkylation sites (tertiary alicyclic amines) is 2. The minimum atomic E-state index is 0.206. The number of piperidine rings is 1. The Morgan fingerprint density at radius 3 is 2.59 bits per heavy atom. The maximum Gasteiger partial charge on any atom is 0.219 e. The van der Waals surface area contributed by atoms with E-state index in [0.29, 0.717) is 17.8 Å². The Kier molecular flexibility index (Phi) is 6.45. The zero-order chi connectivity index (χ0) is 20.1. The van der Waals surface area contributed by atoms with Crippen molar-refractivity contribution in [3.63, 3.8) is 0 Å². The van der Waals surface area contributed by atoms with E-state index in [1.165, 1.54) is 5.56 Å². The zero-order valence-electron chi connectivity index (χ0n) is 17.2. The van der Waals surface area contributed by atoms with Gasteiger partial charge in [-0.2, -0.15) is 0 Å². The van der Waals surface area contributed by atoms with Crippen LogP contribution < -0.4 is 4.74 Å². The lowest BCUT2D eigenvalue weighted by atomic mass is 9.78. The molecule has 3 heterocycles. The van der Waals surface area contributed by atoms with E-state index in [-0.39, 0.29) is 5.91 Å². The molecule has 2 atom stereocenters. The first-order valence-electron chi connectivity index (χ1n) is 10.7. The van der Waals surface area contributed by atoms with Crippen molar-refractivity contribution in [1.29, 1.82) is 0 Å². The van der Waals surface area contributed by atoms with Crippen LogP contribution in [-0.2, 0) is 11.3 Å². The minimum Gasteiger partial charge on any atom is -0.493 e. The standard InChI is InChI=1S/C24H31N3O2/c1-19(28)27-12-9-21(10-13-27)24-17-26(15-20-6-5-11-25-14-20)16-22(24)18-29-23-7-3-2-4-8-23/h2-8,11,14,21-22,24H,9-10,12-13,15-18H2,1H3/t22-,24-/m0/s1. The van der Waals surface area contributed by atoms with Gasteiger partial charge in [0.1, 0.15) is 5.75 Å². The second kappa shape index (κ2) is 9.40. The number of carbonyl (C=O) groups is 1. The molecule has 2 saturated heterocycles. The summed E-state index contributed by atoms with van der Waals surface area (Å²) in [4.78, 5) is 20.5. The fourth-order valence-electron chi connectivity index (χ4n) is 4.94. The number of hydrogen-bond acceptors (Lipinski definition) is 4. The van der Waals surface area contributed by atoms with Crippen LogP contribution in [0.4, 0.5) is 0 Å². The Bertz CT molecular complexity index is 775. The van der Waals surface area contributed by atoms with Gasteiger partial charge in [-0.05, 0) is 48.4 Å². The molecule has 1 aromatic carbocycles. The Morgan fingerprint density at radius 1 is 1.10 bits per heavy atom. The van der Waals surface area contributed by atoms with Gasteiger partial charge in [0.25, 0.3) is 0 Å². The summed E-state index contributed by atoms with van der Waals surface area (Å²) in [5.41, 5.74) is 1.27. The number of pyridine rings is 1. The molecule has 2 fully saturated rings. The molecule has 0 aliphatic carbocycles. The highest BCUT2D eigenvalue weighted by Crippen LogP contribution is 2.36. The molecule has 5 nitrogen and oxygen atoms in total. The van der Waals surface area contributed by atoms with Crippen LogP contribution in [0.2, 0.25) is 0 Å². The van der Waals surface area contributed by atoms with Crippen molar-refractivity contribution in [2.45, 2.75) is 26.3 Å². The Morgan fingerprint density at radius 2 is 1.90 bits per heavy atom. The number of carbonyl (C=O) groups excluding carboxylic acids is 1. The van der Waals surface area contributed by atoms with Crippen molar-refractivity contribution >= 4 is 5.91 Å². The number of benzene rings is 1. The highest BCUT2D eigenvalue weighted by molar-refractivity contribution is 5.73. The van der Waals surface area contributed by atoms with Gasteiger partial charge in [-0.25, -0.2) is 0 Å². The van der Waals surface area contributed by atoms with Gasteiger partial charge >= 0.3 is 0 Å². The predicted octanol–water partition coefficient (Wildman–Crippen LogP) is 3.47. The lowest BCUT2D eigenvalue weighted by Gasteiger charge is -2.36. The van der Waals surface area contributed by atoms with Crippen molar-refractivity contribution in [1.82, 2.24) is 14.8 Å². The predicted molar refractivity (Wildman–Crippen MR) is 113 cm³/mol. The highest BCUT2D eigenvalue weighted by atomic mass is 16.5. The average Bonchev–Trinajstić information content (AvgIpc) is 3.16. The van der Waals surface area contributed by atoms with Crippen LogP contribution in [0.3, 0.4) is 0 Å². The van der Waals surface area contributed by atoms with Crippen LogP contribution in [0.25, 0.3) is 0 Å². The molecule has 0 bridgehead atoms. The fourth-order valence-corrected chi connectivity index (χ4v) is 4.94. The SMILES string of the molecule is CC(=O)N1CCC([C@@H]2CN(Cc3cccnc3)C[C@H]2COc2ccccc2)CC1. The van der Waals surface area contributed by atoms with Crippen molar-refractivity contribution in [3.05, 3.63) is 60.4 Å². The van der Waals surface area contributed by atoms with E-state index < -0.39 is 0 Å². The summed E-state index contributed by atoms with van der Waals surface area (Å²) in [6.07, 6.45) is 6.00. The van der Waals surface area contributed by atoms with Crippen LogP contribution in [0, 0.1) is 17.8 Å². The third-order valence-corrected chi connectivity index (χ3v) is 6.49. The van der Waals surface area contributed by atoms with E-state index >= 15 is 0 Å². The van der Waals surface area contributed by atoms with Gasteiger partial charge in [-0.3, -0.25) is 14.7 Å². The first kappa shape index (κ1) is 19.9. The van der Waals surface area contributed by atoms with E-state index in [1.54, 1.807) is 6.92 Å². The largest absolute Gasteiger partial charge is 0.493 e. The summed E-state index contributed by atoms with van der Waals surface area (Å²) in [7, 11) is 0. The molecule has 0 N–H and O–H groups in total. The molecule has 0 radical (unpaired) electrons. The summed E-state index contributed by atoms with van der Waals surface area (Å²) in [5, 5.41) is 0. The number of nitrogens with zero attached hydrogens (tertiary/aromatic N) is 3. The monoisotopic (exact) mass is 393 g/mol. The van der Waals surface area contributed by atoms with Crippen LogP contribution in [0.5, 0.6) is 5.75 Å². The molecule has 0 saturated carbocycles. The van der Waals surface area contributed by atoms with E-state index in [9.17, 15) is 4.79 Å². The minimum absolute atomic E-state index is 0.206. The number of amides is 1. The van der Waals surface area contributed by atoms with E-state index in [1.807, 2.05) is 53.7 Å². The van der Waals surface area contributed by atoms with Gasteiger partial charge in [0.15, 0.2) is 0 Å². The number of aromatic nitrogens is 1. The van der Waals surface area contributed by atoms with Crippen molar-refractivity contribution < 1.29 is 9.53 Å². The van der Waals surface area contributed by atoms with Crippen molar-refractivity contribution in [2.24, 2.45) is 17.8 Å². The Hall–Kier alpha value is -2.40. The maximum absolute atomic E-state index is 11.7. The number of hydrogen-bond donors (Lipinski definition) is 0. The fraction of sp³-hybridized carbons (Fsp3) is 0.500. The van der Waals surface area contributed by atoms with E-state index in [0.717, 1.165) is 57.9 Å². The van der Waals surface area contributed by atoms with Crippen molar-refractivity contribution in [3.8, 4) is 5.75 Å². The Labute approximate surface area is 173 Å². The molecule has 1 aromatic heterocycles. The molecular weight excluding hydrogens is 362 g/mol. The molecule has 5 heteroatoms. The maximum atomic E-state index is 11.7. The summed E-state index contributed by atoms with van der Waals surface area (Å²) in [5.74, 6) is 2.94.